The lowest BCUT2D eigenvalue weighted by Crippen LogP contribution is -2.21. The molecule has 0 aliphatic carbocycles. The van der Waals surface area contributed by atoms with Crippen LogP contribution in [-0.2, 0) is 0 Å². The molecule has 2 rings (SSSR count). The summed E-state index contributed by atoms with van der Waals surface area (Å²) in [6, 6.07) is 12.4. The van der Waals surface area contributed by atoms with E-state index in [1.807, 2.05) is 18.2 Å². The first-order chi connectivity index (χ1) is 11.1. The highest BCUT2D eigenvalue weighted by atomic mass is 15.2. The van der Waals surface area contributed by atoms with E-state index < -0.39 is 0 Å². The smallest absolute Gasteiger partial charge is 0.225 e. The van der Waals surface area contributed by atoms with Gasteiger partial charge in [0.05, 0.1) is 5.69 Å². The van der Waals surface area contributed by atoms with Gasteiger partial charge in [0.2, 0.25) is 5.95 Å². The van der Waals surface area contributed by atoms with Crippen LogP contribution >= 0.6 is 0 Å². The van der Waals surface area contributed by atoms with Gasteiger partial charge in [0.1, 0.15) is 5.82 Å². The first kappa shape index (κ1) is 17.3. The molecule has 0 spiro atoms. The van der Waals surface area contributed by atoms with Gasteiger partial charge >= 0.3 is 0 Å². The third-order valence-electron chi connectivity index (χ3n) is 3.69. The van der Waals surface area contributed by atoms with Crippen molar-refractivity contribution in [3.05, 3.63) is 36.4 Å². The minimum Gasteiger partial charge on any atom is -0.359 e. The largest absolute Gasteiger partial charge is 0.359 e. The van der Waals surface area contributed by atoms with E-state index in [0.29, 0.717) is 11.9 Å². The van der Waals surface area contributed by atoms with Gasteiger partial charge in [0, 0.05) is 31.8 Å². The molecule has 1 aromatic carbocycles. The standard InChI is InChI=1S/C19H28N4/c1-5-6-12-23(4)18-13-17(16-10-8-7-9-11-16)21-19(22-18)20-14-15(2)3/h7-11,13,15H,5-6,12,14H2,1-4H3,(H,20,21,22). The number of nitrogens with zero attached hydrogens (tertiary/aromatic N) is 3. The molecular weight excluding hydrogens is 284 g/mol. The molecule has 0 saturated heterocycles. The Morgan fingerprint density at radius 3 is 2.52 bits per heavy atom. The number of nitrogens with one attached hydrogen (secondary N) is 1. The van der Waals surface area contributed by atoms with Crippen molar-refractivity contribution in [3.63, 3.8) is 0 Å². The average Bonchev–Trinajstić information content (AvgIpc) is 2.58. The average molecular weight is 312 g/mol. The first-order valence-electron chi connectivity index (χ1n) is 8.49. The Hall–Kier alpha value is -2.10. The van der Waals surface area contributed by atoms with Crippen LogP contribution in [-0.4, -0.2) is 30.1 Å². The molecule has 0 aliphatic heterocycles. The second kappa shape index (κ2) is 8.51. The summed E-state index contributed by atoms with van der Waals surface area (Å²) in [5.41, 5.74) is 2.08. The lowest BCUT2D eigenvalue weighted by Gasteiger charge is -2.20. The number of hydrogen-bond donors (Lipinski definition) is 1. The third-order valence-corrected chi connectivity index (χ3v) is 3.69. The van der Waals surface area contributed by atoms with Gasteiger partial charge in [-0.25, -0.2) is 4.98 Å². The number of anilines is 2. The summed E-state index contributed by atoms with van der Waals surface area (Å²) < 4.78 is 0. The normalized spacial score (nSPS) is 10.8. The topological polar surface area (TPSA) is 41.1 Å². The van der Waals surface area contributed by atoms with Gasteiger partial charge in [-0.2, -0.15) is 4.98 Å². The van der Waals surface area contributed by atoms with Crippen LogP contribution < -0.4 is 10.2 Å². The molecule has 0 radical (unpaired) electrons. The zero-order chi connectivity index (χ0) is 16.7. The molecule has 23 heavy (non-hydrogen) atoms. The second-order valence-electron chi connectivity index (χ2n) is 6.35. The van der Waals surface area contributed by atoms with Crippen LogP contribution in [0.4, 0.5) is 11.8 Å². The van der Waals surface area contributed by atoms with Gasteiger partial charge in [-0.15, -0.1) is 0 Å². The van der Waals surface area contributed by atoms with E-state index in [4.69, 9.17) is 0 Å². The van der Waals surface area contributed by atoms with Crippen molar-refractivity contribution in [1.82, 2.24) is 9.97 Å². The van der Waals surface area contributed by atoms with Gasteiger partial charge in [-0.05, 0) is 12.3 Å². The summed E-state index contributed by atoms with van der Waals surface area (Å²) in [5.74, 6) is 2.23. The van der Waals surface area contributed by atoms with E-state index in [1.54, 1.807) is 0 Å². The Morgan fingerprint density at radius 1 is 1.13 bits per heavy atom. The zero-order valence-corrected chi connectivity index (χ0v) is 14.7. The highest BCUT2D eigenvalue weighted by molar-refractivity contribution is 5.64. The van der Waals surface area contributed by atoms with Crippen molar-refractivity contribution >= 4 is 11.8 Å². The van der Waals surface area contributed by atoms with Gasteiger partial charge in [0.25, 0.3) is 0 Å². The zero-order valence-electron chi connectivity index (χ0n) is 14.7. The van der Waals surface area contributed by atoms with E-state index in [9.17, 15) is 0 Å². The maximum absolute atomic E-state index is 4.69. The van der Waals surface area contributed by atoms with Crippen LogP contribution in [0.25, 0.3) is 11.3 Å². The predicted molar refractivity (Wildman–Crippen MR) is 99.0 cm³/mol. The highest BCUT2D eigenvalue weighted by Crippen LogP contribution is 2.23. The summed E-state index contributed by atoms with van der Waals surface area (Å²) in [4.78, 5) is 11.6. The summed E-state index contributed by atoms with van der Waals surface area (Å²) in [6.45, 7) is 8.45. The number of unbranched alkanes of at least 4 members (excludes halogenated alkanes) is 1. The molecule has 124 valence electrons. The molecule has 0 fully saturated rings. The van der Waals surface area contributed by atoms with E-state index in [1.165, 1.54) is 6.42 Å². The molecule has 0 aliphatic rings. The van der Waals surface area contributed by atoms with E-state index in [2.05, 4.69) is 66.2 Å². The Kier molecular flexibility index (Phi) is 6.39. The highest BCUT2D eigenvalue weighted by Gasteiger charge is 2.10. The van der Waals surface area contributed by atoms with E-state index in [-0.39, 0.29) is 0 Å². The number of benzene rings is 1. The van der Waals surface area contributed by atoms with Crippen LogP contribution in [0.1, 0.15) is 33.6 Å². The molecule has 0 atom stereocenters. The van der Waals surface area contributed by atoms with Crippen molar-refractivity contribution in [2.45, 2.75) is 33.6 Å². The molecule has 1 heterocycles. The number of aromatic nitrogens is 2. The van der Waals surface area contributed by atoms with Gasteiger partial charge < -0.3 is 10.2 Å². The van der Waals surface area contributed by atoms with E-state index in [0.717, 1.165) is 36.6 Å². The third kappa shape index (κ3) is 5.23. The second-order valence-corrected chi connectivity index (χ2v) is 6.35. The number of rotatable bonds is 8. The van der Waals surface area contributed by atoms with Gasteiger partial charge in [-0.3, -0.25) is 0 Å². The van der Waals surface area contributed by atoms with Crippen LogP contribution in [0, 0.1) is 5.92 Å². The van der Waals surface area contributed by atoms with Crippen LogP contribution in [0.5, 0.6) is 0 Å². The Bertz CT molecular complexity index is 596. The summed E-state index contributed by atoms with van der Waals surface area (Å²) >= 11 is 0. The Labute approximate surface area is 140 Å². The van der Waals surface area contributed by atoms with Gasteiger partial charge in [0.15, 0.2) is 0 Å². The fourth-order valence-electron chi connectivity index (χ4n) is 2.27. The number of hydrogen-bond acceptors (Lipinski definition) is 4. The fraction of sp³-hybridized carbons (Fsp3) is 0.474. The lowest BCUT2D eigenvalue weighted by atomic mass is 10.1. The van der Waals surface area contributed by atoms with Crippen molar-refractivity contribution in [2.75, 3.05) is 30.4 Å². The maximum atomic E-state index is 4.69. The van der Waals surface area contributed by atoms with Crippen LogP contribution in [0.15, 0.2) is 36.4 Å². The molecule has 0 bridgehead atoms. The first-order valence-corrected chi connectivity index (χ1v) is 8.49. The van der Waals surface area contributed by atoms with Crippen LogP contribution in [0.3, 0.4) is 0 Å². The molecule has 1 N–H and O–H groups in total. The molecule has 0 amide bonds. The van der Waals surface area contributed by atoms with Crippen molar-refractivity contribution < 1.29 is 0 Å². The molecular formula is C19H28N4. The van der Waals surface area contributed by atoms with Gasteiger partial charge in [-0.1, -0.05) is 57.5 Å². The van der Waals surface area contributed by atoms with E-state index >= 15 is 0 Å². The summed E-state index contributed by atoms with van der Waals surface area (Å²) in [5, 5.41) is 3.36. The minimum atomic E-state index is 0.556. The molecule has 4 nitrogen and oxygen atoms in total. The van der Waals surface area contributed by atoms with Crippen molar-refractivity contribution in [1.29, 1.82) is 0 Å². The van der Waals surface area contributed by atoms with Crippen molar-refractivity contribution in [3.8, 4) is 11.3 Å². The van der Waals surface area contributed by atoms with Crippen LogP contribution in [0.2, 0.25) is 0 Å². The lowest BCUT2D eigenvalue weighted by molar-refractivity contribution is 0.684. The maximum Gasteiger partial charge on any atom is 0.225 e. The predicted octanol–water partition coefficient (Wildman–Crippen LogP) is 4.45. The fourth-order valence-corrected chi connectivity index (χ4v) is 2.27. The van der Waals surface area contributed by atoms with Crippen molar-refractivity contribution in [2.24, 2.45) is 5.92 Å². The molecule has 0 saturated carbocycles. The Balaban J connectivity index is 2.31. The molecule has 4 heteroatoms. The monoisotopic (exact) mass is 312 g/mol. The summed E-state index contributed by atoms with van der Waals surface area (Å²) in [6.07, 6.45) is 2.34. The SMILES string of the molecule is CCCCN(C)c1cc(-c2ccccc2)nc(NCC(C)C)n1. The Morgan fingerprint density at radius 2 is 1.87 bits per heavy atom. The summed E-state index contributed by atoms with van der Waals surface area (Å²) in [7, 11) is 2.10. The molecule has 2 aromatic rings. The molecule has 1 aromatic heterocycles. The molecule has 0 unspecified atom stereocenters. The minimum absolute atomic E-state index is 0.556. The quantitative estimate of drug-likeness (QED) is 0.782.